The van der Waals surface area contributed by atoms with Gasteiger partial charge in [0.25, 0.3) is 0 Å². The van der Waals surface area contributed by atoms with Gasteiger partial charge in [-0.3, -0.25) is 9.69 Å². The average Bonchev–Trinajstić information content (AvgIpc) is 3.35. The number of anilines is 1. The molecule has 0 spiro atoms. The lowest BCUT2D eigenvalue weighted by Crippen LogP contribution is -2.43. The molecule has 4 rings (SSSR count). The summed E-state index contributed by atoms with van der Waals surface area (Å²) in [6, 6.07) is 7.34. The second kappa shape index (κ2) is 11.9. The molecule has 1 N–H and O–H groups in total. The van der Waals surface area contributed by atoms with Gasteiger partial charge in [-0.05, 0) is 56.2 Å². The first kappa shape index (κ1) is 25.6. The number of amides is 1. The molecule has 0 radical (unpaired) electrons. The Bertz CT molecular complexity index is 1180. The lowest BCUT2D eigenvalue weighted by Gasteiger charge is -2.34. The Morgan fingerprint density at radius 1 is 1.28 bits per heavy atom. The number of esters is 1. The van der Waals surface area contributed by atoms with E-state index >= 15 is 0 Å². The maximum atomic E-state index is 12.3. The van der Waals surface area contributed by atoms with E-state index in [2.05, 4.69) is 9.97 Å². The van der Waals surface area contributed by atoms with E-state index in [9.17, 15) is 14.7 Å². The number of carbonyl (C=O) groups is 2. The Morgan fingerprint density at radius 2 is 2.14 bits per heavy atom. The van der Waals surface area contributed by atoms with E-state index in [1.165, 1.54) is 16.2 Å². The van der Waals surface area contributed by atoms with Crippen molar-refractivity contribution in [1.29, 1.82) is 0 Å². The van der Waals surface area contributed by atoms with Crippen LogP contribution in [0.5, 0.6) is 5.88 Å². The van der Waals surface area contributed by atoms with Gasteiger partial charge in [0, 0.05) is 35.8 Å². The fraction of sp³-hybridized carbons (Fsp3) is 0.423. The minimum atomic E-state index is -0.967. The van der Waals surface area contributed by atoms with Crippen LogP contribution < -0.4 is 9.64 Å². The van der Waals surface area contributed by atoms with Crippen molar-refractivity contribution in [2.24, 2.45) is 0 Å². The zero-order chi connectivity index (χ0) is 25.5. The first-order chi connectivity index (χ1) is 17.5. The number of pyridine rings is 2. The first-order valence-corrected chi connectivity index (χ1v) is 12.9. The maximum Gasteiger partial charge on any atom is 0.413 e. The summed E-state index contributed by atoms with van der Waals surface area (Å²) in [4.78, 5) is 39.1. The van der Waals surface area contributed by atoms with Crippen LogP contribution in [0, 0.1) is 0 Å². The highest BCUT2D eigenvalue weighted by Gasteiger charge is 2.31. The van der Waals surface area contributed by atoms with Crippen molar-refractivity contribution >= 4 is 29.2 Å². The number of carbonyl (C=O) groups excluding carboxylic acids is 1. The molecule has 9 nitrogen and oxygen atoms in total. The Labute approximate surface area is 214 Å². The van der Waals surface area contributed by atoms with Gasteiger partial charge in [0.2, 0.25) is 5.88 Å². The highest BCUT2D eigenvalue weighted by atomic mass is 32.1. The van der Waals surface area contributed by atoms with Crippen molar-refractivity contribution in [2.45, 2.75) is 57.4 Å². The molecule has 3 aromatic heterocycles. The van der Waals surface area contributed by atoms with E-state index in [0.717, 1.165) is 53.9 Å². The molecule has 3 aromatic rings. The minimum absolute atomic E-state index is 0.107. The molecule has 0 aromatic carbocycles. The summed E-state index contributed by atoms with van der Waals surface area (Å²) in [5.41, 5.74) is 2.78. The van der Waals surface area contributed by atoms with Crippen molar-refractivity contribution in [3.8, 4) is 5.88 Å². The Kier molecular flexibility index (Phi) is 8.48. The predicted octanol–water partition coefficient (Wildman–Crippen LogP) is 4.85. The topological polar surface area (TPSA) is 115 Å². The molecule has 2 atom stereocenters. The number of ether oxygens (including phenoxy) is 2. The van der Waals surface area contributed by atoms with Crippen LogP contribution in [0.3, 0.4) is 0 Å². The van der Waals surface area contributed by atoms with E-state index < -0.39 is 6.09 Å². The number of aryl methyl sites for hydroxylation is 2. The largest absolute Gasteiger partial charge is 0.481 e. The second-order valence-corrected chi connectivity index (χ2v) is 9.49. The first-order valence-electron chi connectivity index (χ1n) is 12.1. The number of fused-ring (bicyclic) bond motifs is 1. The third kappa shape index (κ3) is 5.99. The van der Waals surface area contributed by atoms with Gasteiger partial charge >= 0.3 is 12.1 Å². The SMILES string of the molecule is CCOC(=O)CC(c1ccc(OC)nc1)c1nc(CCCC2CCc3cccnc3N2C(=O)O)cs1. The van der Waals surface area contributed by atoms with Crippen molar-refractivity contribution in [3.63, 3.8) is 0 Å². The maximum absolute atomic E-state index is 12.3. The summed E-state index contributed by atoms with van der Waals surface area (Å²) < 4.78 is 10.3. The second-order valence-electron chi connectivity index (χ2n) is 8.60. The van der Waals surface area contributed by atoms with Gasteiger partial charge in [0.15, 0.2) is 0 Å². The molecule has 0 saturated heterocycles. The van der Waals surface area contributed by atoms with Crippen LogP contribution in [0.15, 0.2) is 42.0 Å². The minimum Gasteiger partial charge on any atom is -0.481 e. The third-order valence-electron chi connectivity index (χ3n) is 6.30. The van der Waals surface area contributed by atoms with Gasteiger partial charge in [-0.15, -0.1) is 11.3 Å². The average molecular weight is 511 g/mol. The highest BCUT2D eigenvalue weighted by Crippen LogP contribution is 2.33. The molecule has 10 heteroatoms. The van der Waals surface area contributed by atoms with Gasteiger partial charge in [0.05, 0.1) is 25.8 Å². The molecule has 0 saturated carbocycles. The summed E-state index contributed by atoms with van der Waals surface area (Å²) >= 11 is 1.51. The van der Waals surface area contributed by atoms with E-state index in [4.69, 9.17) is 14.5 Å². The number of nitrogens with zero attached hydrogens (tertiary/aromatic N) is 4. The zero-order valence-electron chi connectivity index (χ0n) is 20.4. The summed E-state index contributed by atoms with van der Waals surface area (Å²) in [6.07, 6.45) is 6.41. The molecule has 36 heavy (non-hydrogen) atoms. The quantitative estimate of drug-likeness (QED) is 0.385. The number of rotatable bonds is 10. The molecular formula is C26H30N4O5S. The molecule has 0 bridgehead atoms. The fourth-order valence-electron chi connectivity index (χ4n) is 4.56. The van der Waals surface area contributed by atoms with Crippen LogP contribution in [-0.4, -0.2) is 51.9 Å². The summed E-state index contributed by atoms with van der Waals surface area (Å²) in [5.74, 6) is 0.510. The lowest BCUT2D eigenvalue weighted by atomic mass is 9.95. The number of hydrogen-bond donors (Lipinski definition) is 1. The molecule has 2 unspecified atom stereocenters. The van der Waals surface area contributed by atoms with Crippen LogP contribution in [-0.2, 0) is 22.4 Å². The van der Waals surface area contributed by atoms with Crippen molar-refractivity contribution in [3.05, 3.63) is 63.9 Å². The van der Waals surface area contributed by atoms with Crippen molar-refractivity contribution < 1.29 is 24.2 Å². The number of carboxylic acid groups (broad SMARTS) is 1. The van der Waals surface area contributed by atoms with Crippen LogP contribution in [0.25, 0.3) is 0 Å². The van der Waals surface area contributed by atoms with Crippen molar-refractivity contribution in [2.75, 3.05) is 18.6 Å². The Hall–Kier alpha value is -3.53. The Balaban J connectivity index is 1.43. The van der Waals surface area contributed by atoms with E-state index in [1.54, 1.807) is 32.5 Å². The van der Waals surface area contributed by atoms with Crippen molar-refractivity contribution in [1.82, 2.24) is 15.0 Å². The number of methoxy groups -OCH3 is 1. The molecular weight excluding hydrogens is 480 g/mol. The van der Waals surface area contributed by atoms with Gasteiger partial charge in [0.1, 0.15) is 10.8 Å². The van der Waals surface area contributed by atoms with Crippen LogP contribution in [0.2, 0.25) is 0 Å². The van der Waals surface area contributed by atoms with E-state index in [-0.39, 0.29) is 24.3 Å². The molecule has 0 fully saturated rings. The normalized spacial score (nSPS) is 15.7. The number of thiazole rings is 1. The molecule has 190 valence electrons. The molecule has 0 aliphatic carbocycles. The summed E-state index contributed by atoms with van der Waals surface area (Å²) in [5, 5.41) is 12.6. The van der Waals surface area contributed by atoms with Gasteiger partial charge in [-0.1, -0.05) is 12.1 Å². The highest BCUT2D eigenvalue weighted by molar-refractivity contribution is 7.09. The standard InChI is InChI=1S/C26H30N4O5S/c1-3-35-23(31)14-21(18-10-12-22(34-2)28-15-18)25-29-19(16-36-25)7-4-8-20-11-9-17-6-5-13-27-24(17)30(20)26(32)33/h5-6,10,12-13,15-16,20-21H,3-4,7-9,11,14H2,1-2H3,(H,32,33). The fourth-order valence-corrected chi connectivity index (χ4v) is 5.54. The zero-order valence-corrected chi connectivity index (χ0v) is 21.2. The number of hydrogen-bond acceptors (Lipinski definition) is 8. The van der Waals surface area contributed by atoms with E-state index in [1.807, 2.05) is 23.6 Å². The van der Waals surface area contributed by atoms with Crippen LogP contribution >= 0.6 is 11.3 Å². The summed E-state index contributed by atoms with van der Waals surface area (Å²) in [6.45, 7) is 2.11. The molecule has 1 aliphatic heterocycles. The van der Waals surface area contributed by atoms with E-state index in [0.29, 0.717) is 18.3 Å². The van der Waals surface area contributed by atoms with Gasteiger partial charge in [-0.25, -0.2) is 19.7 Å². The van der Waals surface area contributed by atoms with Crippen LogP contribution in [0.4, 0.5) is 10.6 Å². The monoisotopic (exact) mass is 510 g/mol. The lowest BCUT2D eigenvalue weighted by molar-refractivity contribution is -0.143. The molecule has 1 aliphatic rings. The van der Waals surface area contributed by atoms with Crippen LogP contribution in [0.1, 0.15) is 60.4 Å². The summed E-state index contributed by atoms with van der Waals surface area (Å²) in [7, 11) is 1.56. The number of aromatic nitrogens is 3. The Morgan fingerprint density at radius 3 is 2.86 bits per heavy atom. The van der Waals surface area contributed by atoms with Gasteiger partial charge < -0.3 is 14.6 Å². The predicted molar refractivity (Wildman–Crippen MR) is 136 cm³/mol. The molecule has 4 heterocycles. The third-order valence-corrected chi connectivity index (χ3v) is 7.31. The van der Waals surface area contributed by atoms with Gasteiger partial charge in [-0.2, -0.15) is 0 Å². The molecule has 1 amide bonds. The smallest absolute Gasteiger partial charge is 0.413 e.